The molecule has 0 spiro atoms. The molecule has 4 nitrogen and oxygen atoms in total. The fraction of sp³-hybridized carbons (Fsp3) is 0.231. The molecule has 0 saturated heterocycles. The summed E-state index contributed by atoms with van der Waals surface area (Å²) in [4.78, 5) is 4.18. The molecule has 2 N–H and O–H groups in total. The van der Waals surface area contributed by atoms with Crippen molar-refractivity contribution in [1.29, 1.82) is 0 Å². The van der Waals surface area contributed by atoms with Crippen molar-refractivity contribution in [2.45, 2.75) is 18.9 Å². The molecule has 0 aliphatic carbocycles. The third-order valence-electron chi connectivity index (χ3n) is 2.59. The Hall–Kier alpha value is -1.72. The Bertz CT molecular complexity index is 585. The van der Waals surface area contributed by atoms with E-state index < -0.39 is 0 Å². The molecule has 1 aromatic carbocycles. The van der Waals surface area contributed by atoms with Gasteiger partial charge in [0.05, 0.1) is 6.04 Å². The van der Waals surface area contributed by atoms with Gasteiger partial charge in [0.25, 0.3) is 0 Å². The molecule has 0 aliphatic heterocycles. The highest BCUT2D eigenvalue weighted by molar-refractivity contribution is 6.31. The lowest BCUT2D eigenvalue weighted by atomic mass is 10.1. The van der Waals surface area contributed by atoms with E-state index in [2.05, 4.69) is 16.7 Å². The van der Waals surface area contributed by atoms with Crippen molar-refractivity contribution in [3.63, 3.8) is 0 Å². The minimum atomic E-state index is -0.379. The summed E-state index contributed by atoms with van der Waals surface area (Å²) in [5.74, 6) is 0.437. The van der Waals surface area contributed by atoms with Crippen LogP contribution in [0.25, 0.3) is 0 Å². The van der Waals surface area contributed by atoms with Crippen molar-refractivity contribution in [3.05, 3.63) is 59.0 Å². The summed E-state index contributed by atoms with van der Waals surface area (Å²) < 4.78 is 18.0. The molecule has 2 rings (SSSR count). The van der Waals surface area contributed by atoms with Crippen LogP contribution in [0.15, 0.2) is 35.4 Å². The maximum absolute atomic E-state index is 12.9. The van der Waals surface area contributed by atoms with Gasteiger partial charge in [-0.2, -0.15) is 4.98 Å². The van der Waals surface area contributed by atoms with Crippen molar-refractivity contribution in [2.75, 3.05) is 0 Å². The summed E-state index contributed by atoms with van der Waals surface area (Å²) in [6, 6.07) is 3.83. The molecule has 6 heteroatoms. The monoisotopic (exact) mass is 281 g/mol. The van der Waals surface area contributed by atoms with Crippen LogP contribution in [-0.2, 0) is 6.42 Å². The van der Waals surface area contributed by atoms with Gasteiger partial charge in [0.15, 0.2) is 5.82 Å². The van der Waals surface area contributed by atoms with Gasteiger partial charge < -0.3 is 10.3 Å². The van der Waals surface area contributed by atoms with Crippen molar-refractivity contribution in [1.82, 2.24) is 10.1 Å². The molecular formula is C13H13ClFN3O. The number of aromatic nitrogens is 2. The summed E-state index contributed by atoms with van der Waals surface area (Å²) in [6.45, 7) is 3.60. The van der Waals surface area contributed by atoms with E-state index >= 15 is 0 Å². The average molecular weight is 282 g/mol. The van der Waals surface area contributed by atoms with Crippen LogP contribution in [0.4, 0.5) is 4.39 Å². The Morgan fingerprint density at radius 3 is 3.00 bits per heavy atom. The first kappa shape index (κ1) is 13.7. The summed E-state index contributed by atoms with van der Waals surface area (Å²) in [5.41, 5.74) is 6.55. The van der Waals surface area contributed by atoms with Crippen molar-refractivity contribution in [2.24, 2.45) is 5.73 Å². The minimum Gasteiger partial charge on any atom is -0.338 e. The minimum absolute atomic E-state index is 0.335. The molecule has 19 heavy (non-hydrogen) atoms. The zero-order valence-electron chi connectivity index (χ0n) is 10.1. The summed E-state index contributed by atoms with van der Waals surface area (Å²) >= 11 is 5.93. The van der Waals surface area contributed by atoms with E-state index in [9.17, 15) is 4.39 Å². The molecule has 1 atom stereocenters. The number of hydrogen-bond acceptors (Lipinski definition) is 4. The third-order valence-corrected chi connectivity index (χ3v) is 2.94. The van der Waals surface area contributed by atoms with E-state index in [0.29, 0.717) is 29.6 Å². The van der Waals surface area contributed by atoms with Crippen LogP contribution in [0.5, 0.6) is 0 Å². The molecule has 0 fully saturated rings. The van der Waals surface area contributed by atoms with Crippen LogP contribution in [-0.4, -0.2) is 10.1 Å². The Morgan fingerprint density at radius 1 is 1.53 bits per heavy atom. The molecule has 1 unspecified atom stereocenters. The molecule has 1 aromatic heterocycles. The van der Waals surface area contributed by atoms with Crippen LogP contribution >= 0.6 is 11.6 Å². The van der Waals surface area contributed by atoms with Crippen LogP contribution in [0.3, 0.4) is 0 Å². The zero-order chi connectivity index (χ0) is 13.8. The van der Waals surface area contributed by atoms with Gasteiger partial charge in [-0.05, 0) is 24.1 Å². The number of nitrogens with two attached hydrogens (primary N) is 1. The fourth-order valence-electron chi connectivity index (χ4n) is 1.61. The lowest BCUT2D eigenvalue weighted by Gasteiger charge is -2.01. The number of hydrogen-bond donors (Lipinski definition) is 1. The first-order chi connectivity index (χ1) is 9.10. The van der Waals surface area contributed by atoms with Crippen LogP contribution in [0.2, 0.25) is 5.02 Å². The largest absolute Gasteiger partial charge is 0.338 e. The predicted molar refractivity (Wildman–Crippen MR) is 70.3 cm³/mol. The quantitative estimate of drug-likeness (QED) is 0.856. The van der Waals surface area contributed by atoms with Gasteiger partial charge in [0.1, 0.15) is 5.82 Å². The van der Waals surface area contributed by atoms with Gasteiger partial charge in [0, 0.05) is 11.4 Å². The molecule has 1 heterocycles. The van der Waals surface area contributed by atoms with Gasteiger partial charge in [-0.3, -0.25) is 0 Å². The number of halogens is 2. The van der Waals surface area contributed by atoms with E-state index in [1.54, 1.807) is 12.1 Å². The second-order valence-corrected chi connectivity index (χ2v) is 4.50. The molecule has 0 bridgehead atoms. The predicted octanol–water partition coefficient (Wildman–Crippen LogP) is 3.03. The second kappa shape index (κ2) is 5.95. The highest BCUT2D eigenvalue weighted by Crippen LogP contribution is 2.20. The Kier molecular flexibility index (Phi) is 4.29. The highest BCUT2D eigenvalue weighted by atomic mass is 35.5. The van der Waals surface area contributed by atoms with Crippen molar-refractivity contribution in [3.8, 4) is 0 Å². The molecule has 0 radical (unpaired) electrons. The average Bonchev–Trinajstić information content (AvgIpc) is 2.82. The Morgan fingerprint density at radius 2 is 2.32 bits per heavy atom. The van der Waals surface area contributed by atoms with E-state index in [4.69, 9.17) is 21.9 Å². The van der Waals surface area contributed by atoms with E-state index in [1.807, 2.05) is 0 Å². The lowest BCUT2D eigenvalue weighted by molar-refractivity contribution is 0.352. The van der Waals surface area contributed by atoms with E-state index in [-0.39, 0.29) is 11.9 Å². The molecule has 2 aromatic rings. The maximum atomic E-state index is 12.9. The Balaban J connectivity index is 2.13. The summed E-state index contributed by atoms with van der Waals surface area (Å²) in [6.07, 6.45) is 2.60. The van der Waals surface area contributed by atoms with Gasteiger partial charge in [0.2, 0.25) is 5.89 Å². The molecule has 0 aliphatic rings. The Labute approximate surface area is 115 Å². The fourth-order valence-corrected chi connectivity index (χ4v) is 1.84. The molecular weight excluding hydrogens is 269 g/mol. The molecule has 0 amide bonds. The second-order valence-electron chi connectivity index (χ2n) is 4.09. The molecule has 100 valence electrons. The zero-order valence-corrected chi connectivity index (χ0v) is 10.9. The summed E-state index contributed by atoms with van der Waals surface area (Å²) in [5, 5.41) is 4.16. The summed E-state index contributed by atoms with van der Waals surface area (Å²) in [7, 11) is 0. The van der Waals surface area contributed by atoms with Gasteiger partial charge in [-0.25, -0.2) is 4.39 Å². The maximum Gasteiger partial charge on any atom is 0.243 e. The standard InChI is InChI=1S/C13H13ClFN3O/c1-2-3-11(16)13-17-12(18-19-13)6-8-4-5-9(15)7-10(8)14/h2,4-5,7,11H,1,3,6,16H2. The third kappa shape index (κ3) is 3.39. The van der Waals surface area contributed by atoms with Crippen molar-refractivity contribution >= 4 is 11.6 Å². The van der Waals surface area contributed by atoms with Crippen molar-refractivity contribution < 1.29 is 8.91 Å². The lowest BCUT2D eigenvalue weighted by Crippen LogP contribution is -2.09. The van der Waals surface area contributed by atoms with Crippen LogP contribution in [0.1, 0.15) is 29.7 Å². The normalized spacial score (nSPS) is 12.4. The van der Waals surface area contributed by atoms with Crippen LogP contribution in [0, 0.1) is 5.82 Å². The van der Waals surface area contributed by atoms with Gasteiger partial charge >= 0.3 is 0 Å². The van der Waals surface area contributed by atoms with E-state index in [1.165, 1.54) is 12.1 Å². The number of nitrogens with zero attached hydrogens (tertiary/aromatic N) is 2. The first-order valence-corrected chi connectivity index (χ1v) is 6.11. The van der Waals surface area contributed by atoms with Gasteiger partial charge in [-0.15, -0.1) is 6.58 Å². The highest BCUT2D eigenvalue weighted by Gasteiger charge is 2.14. The number of rotatable bonds is 5. The smallest absolute Gasteiger partial charge is 0.243 e. The SMILES string of the molecule is C=CCC(N)c1nc(Cc2ccc(F)cc2Cl)no1. The first-order valence-electron chi connectivity index (χ1n) is 5.73. The number of benzene rings is 1. The van der Waals surface area contributed by atoms with E-state index in [0.717, 1.165) is 5.56 Å². The molecule has 0 saturated carbocycles. The van der Waals surface area contributed by atoms with Crippen LogP contribution < -0.4 is 5.73 Å². The topological polar surface area (TPSA) is 64.9 Å². The van der Waals surface area contributed by atoms with Gasteiger partial charge in [-0.1, -0.05) is 28.9 Å².